The van der Waals surface area contributed by atoms with Crippen molar-refractivity contribution in [3.63, 3.8) is 0 Å². The number of hydrogen-bond acceptors (Lipinski definition) is 3. The van der Waals surface area contributed by atoms with Crippen molar-refractivity contribution in [1.82, 2.24) is 9.88 Å². The second-order valence-electron chi connectivity index (χ2n) is 7.83. The van der Waals surface area contributed by atoms with Gasteiger partial charge in [-0.2, -0.15) is 0 Å². The van der Waals surface area contributed by atoms with Crippen LogP contribution in [0.3, 0.4) is 0 Å². The Balaban J connectivity index is 1.99. The van der Waals surface area contributed by atoms with Crippen LogP contribution in [0.4, 0.5) is 0 Å². The number of carbonyl (C=O) groups excluding carboxylic acids is 1. The van der Waals surface area contributed by atoms with Crippen LogP contribution >= 0.6 is 11.6 Å². The quantitative estimate of drug-likeness (QED) is 0.675. The molecule has 0 radical (unpaired) electrons. The van der Waals surface area contributed by atoms with Gasteiger partial charge in [-0.1, -0.05) is 41.9 Å². The van der Waals surface area contributed by atoms with Crippen molar-refractivity contribution in [2.75, 3.05) is 0 Å². The van der Waals surface area contributed by atoms with E-state index in [1.165, 1.54) is 0 Å². The Morgan fingerprint density at radius 2 is 1.82 bits per heavy atom. The van der Waals surface area contributed by atoms with Crippen LogP contribution in [0.2, 0.25) is 5.02 Å². The maximum absolute atomic E-state index is 13.1. The van der Waals surface area contributed by atoms with E-state index in [0.29, 0.717) is 21.5 Å². The molecule has 1 N–H and O–H groups in total. The average Bonchev–Trinajstić information content (AvgIpc) is 2.92. The molecule has 1 heterocycles. The smallest absolute Gasteiger partial charge is 0.240 e. The molecular formula is C21H23ClN2O3S. The van der Waals surface area contributed by atoms with Gasteiger partial charge in [0.2, 0.25) is 5.91 Å². The second-order valence-corrected chi connectivity index (χ2v) is 10.2. The molecule has 0 atom stereocenters. The van der Waals surface area contributed by atoms with Crippen molar-refractivity contribution in [3.8, 4) is 0 Å². The summed E-state index contributed by atoms with van der Waals surface area (Å²) in [5.74, 6) is -0.331. The molecule has 5 nitrogen and oxygen atoms in total. The first-order valence-corrected chi connectivity index (χ1v) is 10.9. The number of rotatable bonds is 5. The third-order valence-corrected chi connectivity index (χ3v) is 6.11. The highest BCUT2D eigenvalue weighted by molar-refractivity contribution is 7.90. The van der Waals surface area contributed by atoms with Crippen molar-refractivity contribution in [2.24, 2.45) is 0 Å². The fourth-order valence-corrected chi connectivity index (χ4v) is 4.91. The first-order chi connectivity index (χ1) is 13.0. The molecule has 7 heteroatoms. The molecule has 1 amide bonds. The van der Waals surface area contributed by atoms with Crippen molar-refractivity contribution in [1.29, 1.82) is 0 Å². The normalized spacial score (nSPS) is 12.3. The molecule has 0 unspecified atom stereocenters. The van der Waals surface area contributed by atoms with Gasteiger partial charge in [0.1, 0.15) is 6.54 Å². The minimum atomic E-state index is -3.62. The van der Waals surface area contributed by atoms with E-state index in [1.54, 1.807) is 47.2 Å². The van der Waals surface area contributed by atoms with Crippen LogP contribution in [0.5, 0.6) is 0 Å². The maximum atomic E-state index is 13.1. The highest BCUT2D eigenvalue weighted by Crippen LogP contribution is 2.28. The SMILES string of the molecule is CC(C)(C)NC(=O)Cn1cc(S(=O)(=O)Cc2cccc(Cl)c2)c2ccccc21. The van der Waals surface area contributed by atoms with Crippen LogP contribution in [-0.2, 0) is 26.9 Å². The predicted octanol–water partition coefficient (Wildman–Crippen LogP) is 4.18. The number of nitrogens with one attached hydrogen (secondary N) is 1. The Morgan fingerprint density at radius 3 is 2.50 bits per heavy atom. The topological polar surface area (TPSA) is 68.2 Å². The Kier molecular flexibility index (Phi) is 5.55. The van der Waals surface area contributed by atoms with E-state index in [4.69, 9.17) is 11.6 Å². The van der Waals surface area contributed by atoms with E-state index < -0.39 is 9.84 Å². The molecule has 2 aromatic carbocycles. The van der Waals surface area contributed by atoms with Gasteiger partial charge in [-0.15, -0.1) is 0 Å². The molecule has 28 heavy (non-hydrogen) atoms. The molecule has 0 spiro atoms. The number of amides is 1. The molecule has 0 saturated heterocycles. The minimum Gasteiger partial charge on any atom is -0.350 e. The molecule has 3 aromatic rings. The van der Waals surface area contributed by atoms with Crippen LogP contribution in [0.1, 0.15) is 26.3 Å². The van der Waals surface area contributed by atoms with E-state index in [1.807, 2.05) is 32.9 Å². The molecule has 0 aliphatic carbocycles. The summed E-state index contributed by atoms with van der Waals surface area (Å²) in [6, 6.07) is 14.0. The Bertz CT molecular complexity index is 1130. The summed E-state index contributed by atoms with van der Waals surface area (Å²) in [6.07, 6.45) is 1.55. The summed E-state index contributed by atoms with van der Waals surface area (Å²) in [5, 5.41) is 4.00. The number of nitrogens with zero attached hydrogens (tertiary/aromatic N) is 1. The zero-order chi connectivity index (χ0) is 20.5. The first kappa shape index (κ1) is 20.4. The molecule has 3 rings (SSSR count). The lowest BCUT2D eigenvalue weighted by molar-refractivity contribution is -0.123. The number of benzene rings is 2. The number of para-hydroxylation sites is 1. The van der Waals surface area contributed by atoms with Crippen LogP contribution in [0, 0.1) is 0 Å². The number of hydrogen-bond donors (Lipinski definition) is 1. The summed E-state index contributed by atoms with van der Waals surface area (Å²) in [7, 11) is -3.62. The summed E-state index contributed by atoms with van der Waals surface area (Å²) < 4.78 is 27.9. The summed E-state index contributed by atoms with van der Waals surface area (Å²) >= 11 is 5.99. The van der Waals surface area contributed by atoms with Gasteiger partial charge >= 0.3 is 0 Å². The largest absolute Gasteiger partial charge is 0.350 e. The van der Waals surface area contributed by atoms with Crippen LogP contribution in [-0.4, -0.2) is 24.4 Å². The third-order valence-electron chi connectivity index (χ3n) is 4.16. The molecular weight excluding hydrogens is 396 g/mol. The number of carbonyl (C=O) groups is 1. The highest BCUT2D eigenvalue weighted by Gasteiger charge is 2.23. The lowest BCUT2D eigenvalue weighted by atomic mass is 10.1. The fraction of sp³-hybridized carbons (Fsp3) is 0.286. The van der Waals surface area contributed by atoms with E-state index in [0.717, 1.165) is 0 Å². The zero-order valence-corrected chi connectivity index (χ0v) is 17.6. The van der Waals surface area contributed by atoms with Crippen molar-refractivity contribution in [3.05, 3.63) is 65.3 Å². The molecule has 0 bridgehead atoms. The summed E-state index contributed by atoms with van der Waals surface area (Å²) in [5.41, 5.74) is 0.965. The van der Waals surface area contributed by atoms with E-state index in [-0.39, 0.29) is 28.6 Å². The van der Waals surface area contributed by atoms with Crippen molar-refractivity contribution in [2.45, 2.75) is 43.5 Å². The van der Waals surface area contributed by atoms with Crippen LogP contribution in [0.15, 0.2) is 59.6 Å². The third kappa shape index (κ3) is 4.75. The van der Waals surface area contributed by atoms with Gasteiger partial charge < -0.3 is 9.88 Å². The minimum absolute atomic E-state index is 0.0461. The highest BCUT2D eigenvalue weighted by atomic mass is 35.5. The Morgan fingerprint density at radius 1 is 1.11 bits per heavy atom. The molecule has 0 saturated carbocycles. The van der Waals surface area contributed by atoms with E-state index in [9.17, 15) is 13.2 Å². The fourth-order valence-electron chi connectivity index (χ4n) is 3.13. The Hall–Kier alpha value is -2.31. The molecule has 1 aromatic heterocycles. The lowest BCUT2D eigenvalue weighted by Gasteiger charge is -2.20. The molecule has 148 valence electrons. The summed E-state index contributed by atoms with van der Waals surface area (Å²) in [6.45, 7) is 5.75. The second kappa shape index (κ2) is 7.60. The van der Waals surface area contributed by atoms with Crippen LogP contribution < -0.4 is 5.32 Å². The molecule has 0 aliphatic heterocycles. The van der Waals surface area contributed by atoms with Gasteiger partial charge in [-0.05, 0) is 44.5 Å². The monoisotopic (exact) mass is 418 g/mol. The maximum Gasteiger partial charge on any atom is 0.240 e. The first-order valence-electron chi connectivity index (χ1n) is 8.91. The Labute approximate surface area is 170 Å². The van der Waals surface area contributed by atoms with Gasteiger partial charge in [0.25, 0.3) is 0 Å². The van der Waals surface area contributed by atoms with Crippen molar-refractivity contribution < 1.29 is 13.2 Å². The van der Waals surface area contributed by atoms with Gasteiger partial charge in [-0.25, -0.2) is 8.42 Å². The number of fused-ring (bicyclic) bond motifs is 1. The van der Waals surface area contributed by atoms with Gasteiger partial charge in [0.15, 0.2) is 9.84 Å². The van der Waals surface area contributed by atoms with Crippen LogP contribution in [0.25, 0.3) is 10.9 Å². The summed E-state index contributed by atoms with van der Waals surface area (Å²) in [4.78, 5) is 12.6. The van der Waals surface area contributed by atoms with E-state index in [2.05, 4.69) is 5.32 Å². The van der Waals surface area contributed by atoms with Gasteiger partial charge in [0.05, 0.1) is 10.6 Å². The number of sulfone groups is 1. The van der Waals surface area contributed by atoms with Gasteiger partial charge in [-0.3, -0.25) is 4.79 Å². The molecule has 0 fully saturated rings. The average molecular weight is 419 g/mol. The van der Waals surface area contributed by atoms with Crippen molar-refractivity contribution >= 4 is 38.2 Å². The van der Waals surface area contributed by atoms with Gasteiger partial charge in [0, 0.05) is 27.7 Å². The molecule has 0 aliphatic rings. The van der Waals surface area contributed by atoms with E-state index >= 15 is 0 Å². The lowest BCUT2D eigenvalue weighted by Crippen LogP contribution is -2.42. The zero-order valence-electron chi connectivity index (χ0n) is 16.1. The standard InChI is InChI=1S/C21H23ClN2O3S/c1-21(2,3)23-20(25)13-24-12-19(17-9-4-5-10-18(17)24)28(26,27)14-15-7-6-8-16(22)11-15/h4-12H,13-14H2,1-3H3,(H,23,25). The predicted molar refractivity (Wildman–Crippen MR) is 112 cm³/mol. The number of halogens is 1. The number of aromatic nitrogens is 1.